The smallest absolute Gasteiger partial charge is 0.262 e. The summed E-state index contributed by atoms with van der Waals surface area (Å²) in [7, 11) is 1.63. The number of para-hydroxylation sites is 2. The van der Waals surface area contributed by atoms with Crippen molar-refractivity contribution in [1.82, 2.24) is 14.5 Å². The van der Waals surface area contributed by atoms with Gasteiger partial charge in [-0.2, -0.15) is 0 Å². The van der Waals surface area contributed by atoms with Gasteiger partial charge in [-0.05, 0) is 31.2 Å². The summed E-state index contributed by atoms with van der Waals surface area (Å²) in [5.41, 5.74) is 2.39. The van der Waals surface area contributed by atoms with Crippen LogP contribution in [0.25, 0.3) is 21.8 Å². The van der Waals surface area contributed by atoms with E-state index < -0.39 is 0 Å². The molecule has 2 heterocycles. The lowest BCUT2D eigenvalue weighted by Gasteiger charge is -2.19. The summed E-state index contributed by atoms with van der Waals surface area (Å²) in [4.78, 5) is 22.4. The zero-order chi connectivity index (χ0) is 20.4. The van der Waals surface area contributed by atoms with Crippen LogP contribution in [0.2, 0.25) is 5.15 Å². The molecule has 0 aliphatic rings. The van der Waals surface area contributed by atoms with E-state index in [9.17, 15) is 4.79 Å². The van der Waals surface area contributed by atoms with Gasteiger partial charge in [0.05, 0.1) is 29.1 Å². The van der Waals surface area contributed by atoms with Crippen molar-refractivity contribution in [3.8, 4) is 0 Å². The third-order valence-corrected chi connectivity index (χ3v) is 6.06. The quantitative estimate of drug-likeness (QED) is 0.244. The van der Waals surface area contributed by atoms with Crippen molar-refractivity contribution < 1.29 is 4.74 Å². The lowest BCUT2D eigenvalue weighted by molar-refractivity contribution is 0.156. The number of aromatic nitrogens is 3. The first-order chi connectivity index (χ1) is 14.1. The molecule has 4 aromatic rings. The van der Waals surface area contributed by atoms with Crippen LogP contribution < -0.4 is 5.56 Å². The molecule has 5 nitrogen and oxygen atoms in total. The molecule has 4 rings (SSSR count). The van der Waals surface area contributed by atoms with Gasteiger partial charge in [0.25, 0.3) is 5.56 Å². The molecule has 0 N–H and O–H groups in total. The predicted molar refractivity (Wildman–Crippen MR) is 119 cm³/mol. The van der Waals surface area contributed by atoms with Crippen molar-refractivity contribution in [3.63, 3.8) is 0 Å². The van der Waals surface area contributed by atoms with Crippen LogP contribution in [-0.4, -0.2) is 28.3 Å². The van der Waals surface area contributed by atoms with Gasteiger partial charge in [0, 0.05) is 23.8 Å². The molecule has 0 amide bonds. The summed E-state index contributed by atoms with van der Waals surface area (Å²) >= 11 is 7.89. The standard InChI is InChI=1S/C22H20ClN3O2S/c1-14(12-28-2)26-21(27)17-8-4-6-10-19(17)25-22(26)29-13-16-11-15-7-3-5-9-18(15)24-20(16)23/h3-11,14H,12-13H2,1-2H3. The van der Waals surface area contributed by atoms with Crippen molar-refractivity contribution in [2.45, 2.75) is 23.9 Å². The first-order valence-corrected chi connectivity index (χ1v) is 10.6. The SMILES string of the molecule is COCC(C)n1c(SCc2cc3ccccc3nc2Cl)nc2ccccc2c1=O. The van der Waals surface area contributed by atoms with Gasteiger partial charge in [-0.15, -0.1) is 0 Å². The monoisotopic (exact) mass is 425 g/mol. The number of hydrogen-bond acceptors (Lipinski definition) is 5. The second-order valence-electron chi connectivity index (χ2n) is 6.81. The number of benzene rings is 2. The lowest BCUT2D eigenvalue weighted by atomic mass is 10.2. The highest BCUT2D eigenvalue weighted by Crippen LogP contribution is 2.29. The van der Waals surface area contributed by atoms with Crippen LogP contribution in [0.3, 0.4) is 0 Å². The van der Waals surface area contributed by atoms with E-state index in [4.69, 9.17) is 21.3 Å². The zero-order valence-electron chi connectivity index (χ0n) is 16.1. The molecule has 1 unspecified atom stereocenters. The van der Waals surface area contributed by atoms with Crippen LogP contribution >= 0.6 is 23.4 Å². The van der Waals surface area contributed by atoms with Crippen LogP contribution in [0.5, 0.6) is 0 Å². The Bertz CT molecular complexity index is 1240. The van der Waals surface area contributed by atoms with E-state index in [0.29, 0.717) is 33.6 Å². The second kappa shape index (κ2) is 8.53. The maximum absolute atomic E-state index is 13.1. The van der Waals surface area contributed by atoms with Gasteiger partial charge in [-0.1, -0.05) is 53.7 Å². The van der Waals surface area contributed by atoms with Crippen LogP contribution in [-0.2, 0) is 10.5 Å². The van der Waals surface area contributed by atoms with Crippen molar-refractivity contribution in [3.05, 3.63) is 75.7 Å². The number of fused-ring (bicyclic) bond motifs is 2. The fourth-order valence-corrected chi connectivity index (χ4v) is 4.67. The highest BCUT2D eigenvalue weighted by molar-refractivity contribution is 7.98. The summed E-state index contributed by atoms with van der Waals surface area (Å²) in [5, 5.41) is 2.74. The van der Waals surface area contributed by atoms with E-state index in [1.54, 1.807) is 17.7 Å². The molecule has 0 bridgehead atoms. The minimum Gasteiger partial charge on any atom is -0.383 e. The average Bonchev–Trinajstić information content (AvgIpc) is 2.72. The maximum Gasteiger partial charge on any atom is 0.262 e. The van der Waals surface area contributed by atoms with E-state index in [1.807, 2.05) is 55.5 Å². The van der Waals surface area contributed by atoms with Crippen molar-refractivity contribution in [2.75, 3.05) is 13.7 Å². The topological polar surface area (TPSA) is 57.0 Å². The largest absolute Gasteiger partial charge is 0.383 e. The van der Waals surface area contributed by atoms with Gasteiger partial charge in [-0.25, -0.2) is 9.97 Å². The Morgan fingerprint density at radius 1 is 1.10 bits per heavy atom. The number of thioether (sulfide) groups is 1. The molecule has 29 heavy (non-hydrogen) atoms. The Labute approximate surface area is 177 Å². The molecule has 148 valence electrons. The minimum atomic E-state index is -0.141. The molecule has 2 aromatic carbocycles. The number of pyridine rings is 1. The number of hydrogen-bond donors (Lipinski definition) is 0. The normalized spacial score (nSPS) is 12.5. The Hall–Kier alpha value is -2.41. The van der Waals surface area contributed by atoms with Crippen molar-refractivity contribution in [1.29, 1.82) is 0 Å². The Kier molecular flexibility index (Phi) is 5.85. The van der Waals surface area contributed by atoms with Gasteiger partial charge in [0.1, 0.15) is 5.15 Å². The Balaban J connectivity index is 1.74. The number of halogens is 1. The molecular weight excluding hydrogens is 406 g/mol. The summed E-state index contributed by atoms with van der Waals surface area (Å²) in [6.07, 6.45) is 0. The molecule has 0 aliphatic heterocycles. The molecule has 0 fully saturated rings. The van der Waals surface area contributed by atoms with Crippen LogP contribution in [0.4, 0.5) is 0 Å². The van der Waals surface area contributed by atoms with Gasteiger partial charge in [0.15, 0.2) is 5.16 Å². The molecule has 0 saturated heterocycles. The van der Waals surface area contributed by atoms with Crippen LogP contribution in [0.15, 0.2) is 64.5 Å². The van der Waals surface area contributed by atoms with E-state index in [2.05, 4.69) is 4.98 Å². The van der Waals surface area contributed by atoms with Crippen molar-refractivity contribution >= 4 is 45.2 Å². The summed E-state index contributed by atoms with van der Waals surface area (Å²) < 4.78 is 6.99. The Morgan fingerprint density at radius 2 is 1.83 bits per heavy atom. The van der Waals surface area contributed by atoms with E-state index in [-0.39, 0.29) is 11.6 Å². The molecule has 0 radical (unpaired) electrons. The van der Waals surface area contributed by atoms with E-state index >= 15 is 0 Å². The fraction of sp³-hybridized carbons (Fsp3) is 0.227. The molecule has 0 aliphatic carbocycles. The number of methoxy groups -OCH3 is 1. The number of nitrogens with zero attached hydrogens (tertiary/aromatic N) is 3. The van der Waals surface area contributed by atoms with E-state index in [0.717, 1.165) is 16.5 Å². The second-order valence-corrected chi connectivity index (χ2v) is 8.11. The van der Waals surface area contributed by atoms with Gasteiger partial charge in [-0.3, -0.25) is 9.36 Å². The van der Waals surface area contributed by atoms with E-state index in [1.165, 1.54) is 11.8 Å². The number of rotatable bonds is 6. The molecular formula is C22H20ClN3O2S. The number of ether oxygens (including phenoxy) is 1. The third-order valence-electron chi connectivity index (χ3n) is 4.73. The molecule has 2 aromatic heterocycles. The minimum absolute atomic E-state index is 0.0645. The lowest BCUT2D eigenvalue weighted by Crippen LogP contribution is -2.28. The fourth-order valence-electron chi connectivity index (χ4n) is 3.31. The van der Waals surface area contributed by atoms with Crippen molar-refractivity contribution in [2.24, 2.45) is 0 Å². The maximum atomic E-state index is 13.1. The summed E-state index contributed by atoms with van der Waals surface area (Å²) in [6, 6.07) is 17.2. The highest BCUT2D eigenvalue weighted by Gasteiger charge is 2.17. The van der Waals surface area contributed by atoms with Crippen LogP contribution in [0.1, 0.15) is 18.5 Å². The molecule has 1 atom stereocenters. The van der Waals surface area contributed by atoms with Gasteiger partial charge < -0.3 is 4.74 Å². The first-order valence-electron chi connectivity index (χ1n) is 9.25. The highest BCUT2D eigenvalue weighted by atomic mass is 35.5. The molecule has 0 saturated carbocycles. The first kappa shape index (κ1) is 19.9. The molecule has 0 spiro atoms. The van der Waals surface area contributed by atoms with Gasteiger partial charge in [0.2, 0.25) is 0 Å². The Morgan fingerprint density at radius 3 is 2.62 bits per heavy atom. The summed E-state index contributed by atoms with van der Waals surface area (Å²) in [5.74, 6) is 0.557. The average molecular weight is 426 g/mol. The summed E-state index contributed by atoms with van der Waals surface area (Å²) in [6.45, 7) is 2.38. The van der Waals surface area contributed by atoms with Crippen LogP contribution in [0, 0.1) is 0 Å². The zero-order valence-corrected chi connectivity index (χ0v) is 17.7. The van der Waals surface area contributed by atoms with Gasteiger partial charge >= 0.3 is 0 Å². The third kappa shape index (κ3) is 4.01. The predicted octanol–water partition coefficient (Wildman–Crippen LogP) is 5.10. The molecule has 7 heteroatoms.